The first-order valence-corrected chi connectivity index (χ1v) is 5.01. The Bertz CT molecular complexity index is 687. The fourth-order valence-electron chi connectivity index (χ4n) is 2.00. The third-order valence-corrected chi connectivity index (χ3v) is 2.74. The zero-order valence-electron chi connectivity index (χ0n) is 8.44. The largest absolute Gasteiger partial charge is 0.508 e. The molecule has 0 aliphatic carbocycles. The lowest BCUT2D eigenvalue weighted by Crippen LogP contribution is -1.79. The Morgan fingerprint density at radius 3 is 2.62 bits per heavy atom. The van der Waals surface area contributed by atoms with Gasteiger partial charge >= 0.3 is 0 Å². The van der Waals surface area contributed by atoms with Gasteiger partial charge in [0, 0.05) is 5.39 Å². The summed E-state index contributed by atoms with van der Waals surface area (Å²) in [7, 11) is 0. The van der Waals surface area contributed by atoms with Crippen LogP contribution in [0, 0.1) is 6.07 Å². The van der Waals surface area contributed by atoms with E-state index in [0.29, 0.717) is 0 Å². The van der Waals surface area contributed by atoms with Gasteiger partial charge in [0.15, 0.2) is 0 Å². The molecular formula is C14H9O2. The molecule has 3 rings (SSSR count). The number of phenolic OH excluding ortho intramolecular Hbond substituents is 2. The van der Waals surface area contributed by atoms with Crippen LogP contribution in [0.25, 0.3) is 21.5 Å². The summed E-state index contributed by atoms with van der Waals surface area (Å²) in [5.74, 6) is 0.410. The van der Waals surface area contributed by atoms with E-state index in [1.165, 1.54) is 0 Å². The molecule has 0 fully saturated rings. The Morgan fingerprint density at radius 1 is 0.875 bits per heavy atom. The number of benzene rings is 3. The van der Waals surface area contributed by atoms with Gasteiger partial charge in [0.05, 0.1) is 0 Å². The van der Waals surface area contributed by atoms with Crippen LogP contribution in [0.3, 0.4) is 0 Å². The lowest BCUT2D eigenvalue weighted by molar-refractivity contribution is 0.475. The summed E-state index contributed by atoms with van der Waals surface area (Å²) < 4.78 is 0. The number of rotatable bonds is 0. The van der Waals surface area contributed by atoms with Crippen LogP contribution in [0.4, 0.5) is 0 Å². The molecule has 0 spiro atoms. The number of phenols is 2. The van der Waals surface area contributed by atoms with Gasteiger partial charge in [-0.05, 0) is 46.5 Å². The highest BCUT2D eigenvalue weighted by molar-refractivity contribution is 6.10. The molecule has 1 radical (unpaired) electrons. The summed E-state index contributed by atoms with van der Waals surface area (Å²) in [4.78, 5) is 0. The Labute approximate surface area is 92.4 Å². The van der Waals surface area contributed by atoms with Crippen molar-refractivity contribution in [3.8, 4) is 11.5 Å². The smallest absolute Gasteiger partial charge is 0.124 e. The van der Waals surface area contributed by atoms with E-state index in [9.17, 15) is 10.2 Å². The summed E-state index contributed by atoms with van der Waals surface area (Å²) in [6.45, 7) is 0. The second kappa shape index (κ2) is 3.14. The monoisotopic (exact) mass is 209 g/mol. The molecule has 0 heterocycles. The van der Waals surface area contributed by atoms with Gasteiger partial charge in [0.1, 0.15) is 11.5 Å². The minimum Gasteiger partial charge on any atom is -0.508 e. The van der Waals surface area contributed by atoms with Gasteiger partial charge in [-0.1, -0.05) is 18.2 Å². The Hall–Kier alpha value is -2.22. The van der Waals surface area contributed by atoms with Gasteiger partial charge in [-0.3, -0.25) is 0 Å². The Morgan fingerprint density at radius 2 is 1.75 bits per heavy atom. The van der Waals surface area contributed by atoms with Gasteiger partial charge in [-0.15, -0.1) is 0 Å². The Balaban J connectivity index is 2.61. The number of aromatic hydroxyl groups is 2. The maximum absolute atomic E-state index is 9.86. The van der Waals surface area contributed by atoms with Gasteiger partial charge in [-0.25, -0.2) is 0 Å². The van der Waals surface area contributed by atoms with E-state index in [1.807, 2.05) is 12.1 Å². The van der Waals surface area contributed by atoms with Crippen LogP contribution in [0.2, 0.25) is 0 Å². The van der Waals surface area contributed by atoms with Crippen LogP contribution >= 0.6 is 0 Å². The van der Waals surface area contributed by atoms with Crippen LogP contribution in [-0.4, -0.2) is 10.2 Å². The van der Waals surface area contributed by atoms with Crippen molar-refractivity contribution in [1.82, 2.24) is 0 Å². The molecule has 0 saturated carbocycles. The summed E-state index contributed by atoms with van der Waals surface area (Å²) in [5.41, 5.74) is 0. The molecule has 2 N–H and O–H groups in total. The van der Waals surface area contributed by atoms with Gasteiger partial charge in [0.25, 0.3) is 0 Å². The number of hydrogen-bond acceptors (Lipinski definition) is 2. The minimum atomic E-state index is 0.197. The topological polar surface area (TPSA) is 40.5 Å². The third kappa shape index (κ3) is 1.20. The van der Waals surface area contributed by atoms with E-state index in [2.05, 4.69) is 6.07 Å². The van der Waals surface area contributed by atoms with Crippen molar-refractivity contribution in [3.05, 3.63) is 48.5 Å². The molecule has 0 aromatic heterocycles. The van der Waals surface area contributed by atoms with E-state index in [-0.39, 0.29) is 11.5 Å². The molecule has 2 heteroatoms. The minimum absolute atomic E-state index is 0.197. The van der Waals surface area contributed by atoms with Gasteiger partial charge in [0.2, 0.25) is 0 Å². The maximum Gasteiger partial charge on any atom is 0.124 e. The first-order chi connectivity index (χ1) is 7.75. The average molecular weight is 209 g/mol. The van der Waals surface area contributed by atoms with E-state index in [0.717, 1.165) is 21.5 Å². The molecule has 0 amide bonds. The highest BCUT2D eigenvalue weighted by Gasteiger charge is 2.05. The highest BCUT2D eigenvalue weighted by atomic mass is 16.3. The fourth-order valence-corrected chi connectivity index (χ4v) is 2.00. The van der Waals surface area contributed by atoms with Crippen molar-refractivity contribution in [2.75, 3.05) is 0 Å². The molecular weight excluding hydrogens is 200 g/mol. The number of fused-ring (bicyclic) bond motifs is 3. The van der Waals surface area contributed by atoms with Crippen molar-refractivity contribution in [2.45, 2.75) is 0 Å². The molecule has 3 aromatic rings. The predicted octanol–water partition coefficient (Wildman–Crippen LogP) is 3.20. The van der Waals surface area contributed by atoms with Crippen molar-refractivity contribution in [1.29, 1.82) is 0 Å². The molecule has 0 bridgehead atoms. The lowest BCUT2D eigenvalue weighted by atomic mass is 10.0. The summed E-state index contributed by atoms with van der Waals surface area (Å²) >= 11 is 0. The van der Waals surface area contributed by atoms with Crippen molar-refractivity contribution < 1.29 is 10.2 Å². The second-order valence-corrected chi connectivity index (χ2v) is 3.76. The van der Waals surface area contributed by atoms with E-state index in [4.69, 9.17) is 0 Å². The average Bonchev–Trinajstić information content (AvgIpc) is 2.29. The van der Waals surface area contributed by atoms with E-state index in [1.54, 1.807) is 30.3 Å². The molecule has 2 nitrogen and oxygen atoms in total. The molecule has 77 valence electrons. The van der Waals surface area contributed by atoms with Crippen molar-refractivity contribution in [2.24, 2.45) is 0 Å². The normalized spacial score (nSPS) is 11.0. The Kier molecular flexibility index (Phi) is 1.77. The molecule has 0 atom stereocenters. The highest BCUT2D eigenvalue weighted by Crippen LogP contribution is 2.34. The number of hydrogen-bond donors (Lipinski definition) is 2. The summed E-state index contributed by atoms with van der Waals surface area (Å²) in [5, 5.41) is 22.8. The first-order valence-electron chi connectivity index (χ1n) is 5.01. The van der Waals surface area contributed by atoms with Gasteiger partial charge < -0.3 is 10.2 Å². The molecule has 16 heavy (non-hydrogen) atoms. The quantitative estimate of drug-likeness (QED) is 0.558. The van der Waals surface area contributed by atoms with Crippen molar-refractivity contribution >= 4 is 21.5 Å². The third-order valence-electron chi connectivity index (χ3n) is 2.74. The molecule has 0 saturated heterocycles. The molecule has 0 aliphatic rings. The summed E-state index contributed by atoms with van der Waals surface area (Å²) in [6, 6.07) is 15.3. The van der Waals surface area contributed by atoms with Crippen LogP contribution in [0.1, 0.15) is 0 Å². The SMILES string of the molecule is Oc1ccc2c(O)cc3[c]cccc3c2c1. The van der Waals surface area contributed by atoms with Crippen LogP contribution in [0.5, 0.6) is 11.5 Å². The standard InChI is InChI=1S/C14H9O2/c15-10-5-6-12-13(8-10)11-4-2-1-3-9(11)7-14(12)16/h1-2,4-8,15-16H. The van der Waals surface area contributed by atoms with Crippen molar-refractivity contribution in [3.63, 3.8) is 0 Å². The van der Waals surface area contributed by atoms with Gasteiger partial charge in [-0.2, -0.15) is 0 Å². The summed E-state index contributed by atoms with van der Waals surface area (Å²) in [6.07, 6.45) is 0. The van der Waals surface area contributed by atoms with Crippen LogP contribution < -0.4 is 0 Å². The molecule has 0 aliphatic heterocycles. The maximum atomic E-state index is 9.86. The zero-order chi connectivity index (χ0) is 11.1. The predicted molar refractivity (Wildman–Crippen MR) is 63.6 cm³/mol. The fraction of sp³-hybridized carbons (Fsp3) is 0. The second-order valence-electron chi connectivity index (χ2n) is 3.76. The van der Waals surface area contributed by atoms with Crippen LogP contribution in [-0.2, 0) is 0 Å². The van der Waals surface area contributed by atoms with E-state index >= 15 is 0 Å². The zero-order valence-corrected chi connectivity index (χ0v) is 8.44. The van der Waals surface area contributed by atoms with E-state index < -0.39 is 0 Å². The first kappa shape index (κ1) is 9.04. The molecule has 3 aromatic carbocycles. The van der Waals surface area contributed by atoms with Crippen LogP contribution in [0.15, 0.2) is 42.5 Å². The molecule has 0 unspecified atom stereocenters. The lowest BCUT2D eigenvalue weighted by Gasteiger charge is -2.06.